The van der Waals surface area contributed by atoms with E-state index in [9.17, 15) is 0 Å². The summed E-state index contributed by atoms with van der Waals surface area (Å²) in [5, 5.41) is 4.24. The lowest BCUT2D eigenvalue weighted by molar-refractivity contribution is 0.330. The summed E-state index contributed by atoms with van der Waals surface area (Å²) >= 11 is 6.01. The molecule has 2 atom stereocenters. The molecular weight excluding hydrogens is 236 g/mol. The number of benzene rings is 1. The predicted molar refractivity (Wildman–Crippen MR) is 72.1 cm³/mol. The number of methoxy groups -OCH3 is 1. The summed E-state index contributed by atoms with van der Waals surface area (Å²) in [6.07, 6.45) is 1.15. The van der Waals surface area contributed by atoms with Gasteiger partial charge in [-0.2, -0.15) is 0 Å². The number of nitrogens with zero attached hydrogens (tertiary/aromatic N) is 1. The number of anilines is 1. The van der Waals surface area contributed by atoms with Crippen LogP contribution in [-0.2, 0) is 0 Å². The largest absolute Gasteiger partial charge is 0.495 e. The van der Waals surface area contributed by atoms with E-state index in [4.69, 9.17) is 16.3 Å². The van der Waals surface area contributed by atoms with Gasteiger partial charge in [0.2, 0.25) is 0 Å². The molecule has 1 heterocycles. The van der Waals surface area contributed by atoms with E-state index in [0.29, 0.717) is 12.1 Å². The van der Waals surface area contributed by atoms with Crippen molar-refractivity contribution in [2.45, 2.75) is 25.4 Å². The molecule has 0 aliphatic carbocycles. The van der Waals surface area contributed by atoms with Crippen molar-refractivity contribution in [1.82, 2.24) is 4.90 Å². The van der Waals surface area contributed by atoms with Crippen molar-refractivity contribution in [1.29, 1.82) is 0 Å². The third-order valence-electron chi connectivity index (χ3n) is 3.41. The lowest BCUT2D eigenvalue weighted by atomic mass is 10.2. The van der Waals surface area contributed by atoms with Crippen LogP contribution in [0.25, 0.3) is 0 Å². The van der Waals surface area contributed by atoms with Crippen molar-refractivity contribution < 1.29 is 4.74 Å². The average molecular weight is 255 g/mol. The van der Waals surface area contributed by atoms with Gasteiger partial charge >= 0.3 is 0 Å². The third kappa shape index (κ3) is 2.85. The highest BCUT2D eigenvalue weighted by molar-refractivity contribution is 6.30. The number of nitrogens with one attached hydrogen (secondary N) is 1. The van der Waals surface area contributed by atoms with E-state index in [1.54, 1.807) is 7.11 Å². The summed E-state index contributed by atoms with van der Waals surface area (Å²) in [5.74, 6) is 0.844. The van der Waals surface area contributed by atoms with E-state index >= 15 is 0 Å². The van der Waals surface area contributed by atoms with Crippen LogP contribution in [0.5, 0.6) is 5.75 Å². The van der Waals surface area contributed by atoms with Gasteiger partial charge in [-0.1, -0.05) is 11.6 Å². The summed E-state index contributed by atoms with van der Waals surface area (Å²) in [7, 11) is 3.83. The van der Waals surface area contributed by atoms with E-state index in [1.807, 2.05) is 18.2 Å². The monoisotopic (exact) mass is 254 g/mol. The molecule has 94 valence electrons. The van der Waals surface area contributed by atoms with Crippen LogP contribution in [0, 0.1) is 0 Å². The van der Waals surface area contributed by atoms with E-state index < -0.39 is 0 Å². The molecule has 0 spiro atoms. The first kappa shape index (κ1) is 12.5. The Labute approximate surface area is 108 Å². The van der Waals surface area contributed by atoms with Crippen LogP contribution in [0.4, 0.5) is 5.69 Å². The second-order valence-electron chi connectivity index (χ2n) is 4.71. The van der Waals surface area contributed by atoms with Crippen LogP contribution in [-0.4, -0.2) is 37.7 Å². The van der Waals surface area contributed by atoms with Gasteiger partial charge in [0.05, 0.1) is 12.8 Å². The highest BCUT2D eigenvalue weighted by Crippen LogP contribution is 2.30. The molecule has 1 fully saturated rings. The zero-order valence-corrected chi connectivity index (χ0v) is 11.3. The molecule has 17 heavy (non-hydrogen) atoms. The number of hydrogen-bond acceptors (Lipinski definition) is 3. The van der Waals surface area contributed by atoms with Crippen molar-refractivity contribution in [2.75, 3.05) is 26.0 Å². The number of likely N-dealkylation sites (N-methyl/N-ethyl adjacent to an activating group) is 1. The second-order valence-corrected chi connectivity index (χ2v) is 5.15. The summed E-state index contributed by atoms with van der Waals surface area (Å²) in [6.45, 7) is 3.30. The molecule has 1 aliphatic rings. The van der Waals surface area contributed by atoms with Crippen molar-refractivity contribution in [3.8, 4) is 5.75 Å². The maximum Gasteiger partial charge on any atom is 0.142 e. The van der Waals surface area contributed by atoms with Crippen molar-refractivity contribution in [3.63, 3.8) is 0 Å². The van der Waals surface area contributed by atoms with Gasteiger partial charge in [-0.3, -0.25) is 0 Å². The van der Waals surface area contributed by atoms with E-state index in [2.05, 4.69) is 24.2 Å². The zero-order valence-electron chi connectivity index (χ0n) is 10.5. The first-order chi connectivity index (χ1) is 8.10. The fourth-order valence-electron chi connectivity index (χ4n) is 2.31. The molecule has 2 rings (SSSR count). The Balaban J connectivity index is 2.10. The molecule has 2 unspecified atom stereocenters. The first-order valence-electron chi connectivity index (χ1n) is 5.90. The summed E-state index contributed by atoms with van der Waals surface area (Å²) in [4.78, 5) is 2.36. The molecule has 0 amide bonds. The van der Waals surface area contributed by atoms with E-state index in [1.165, 1.54) is 0 Å². The predicted octanol–water partition coefficient (Wildman–Crippen LogP) is 2.85. The molecule has 3 nitrogen and oxygen atoms in total. The number of rotatable bonds is 3. The van der Waals surface area contributed by atoms with Gasteiger partial charge in [-0.25, -0.2) is 0 Å². The van der Waals surface area contributed by atoms with Gasteiger partial charge in [0.15, 0.2) is 0 Å². The minimum atomic E-state index is 0.461. The Morgan fingerprint density at radius 1 is 1.47 bits per heavy atom. The molecule has 1 N–H and O–H groups in total. The molecule has 4 heteroatoms. The third-order valence-corrected chi connectivity index (χ3v) is 3.64. The minimum Gasteiger partial charge on any atom is -0.495 e. The highest BCUT2D eigenvalue weighted by atomic mass is 35.5. The molecule has 0 radical (unpaired) electrons. The van der Waals surface area contributed by atoms with Crippen LogP contribution in [0.15, 0.2) is 18.2 Å². The molecule has 1 saturated heterocycles. The van der Waals surface area contributed by atoms with Gasteiger partial charge < -0.3 is 15.0 Å². The highest BCUT2D eigenvalue weighted by Gasteiger charge is 2.26. The van der Waals surface area contributed by atoms with Gasteiger partial charge in [0, 0.05) is 23.7 Å². The van der Waals surface area contributed by atoms with Crippen molar-refractivity contribution >= 4 is 17.3 Å². The fourth-order valence-corrected chi connectivity index (χ4v) is 2.48. The maximum atomic E-state index is 6.01. The lowest BCUT2D eigenvalue weighted by Gasteiger charge is -2.17. The van der Waals surface area contributed by atoms with Gasteiger partial charge in [0.1, 0.15) is 5.75 Å². The Morgan fingerprint density at radius 3 is 2.82 bits per heavy atom. The second kappa shape index (κ2) is 5.15. The van der Waals surface area contributed by atoms with Crippen molar-refractivity contribution in [3.05, 3.63) is 23.2 Å². The fraction of sp³-hybridized carbons (Fsp3) is 0.538. The molecular formula is C13H19ClN2O. The van der Waals surface area contributed by atoms with Gasteiger partial charge in [0.25, 0.3) is 0 Å². The summed E-state index contributed by atoms with van der Waals surface area (Å²) in [5.41, 5.74) is 0.979. The quantitative estimate of drug-likeness (QED) is 0.898. The van der Waals surface area contributed by atoms with E-state index in [0.717, 1.165) is 29.4 Å². The average Bonchev–Trinajstić information content (AvgIpc) is 2.58. The van der Waals surface area contributed by atoms with E-state index in [-0.39, 0.29) is 0 Å². The number of likely N-dealkylation sites (tertiary alicyclic amines) is 1. The van der Waals surface area contributed by atoms with Crippen LogP contribution in [0.2, 0.25) is 5.02 Å². The Morgan fingerprint density at radius 2 is 2.24 bits per heavy atom. The summed E-state index contributed by atoms with van der Waals surface area (Å²) in [6, 6.07) is 6.74. The lowest BCUT2D eigenvalue weighted by Crippen LogP contribution is -2.25. The SMILES string of the molecule is COc1ccc(Cl)cc1NC1CC(C)N(C)C1. The molecule has 0 saturated carbocycles. The molecule has 0 aromatic heterocycles. The maximum absolute atomic E-state index is 6.01. The molecule has 0 bridgehead atoms. The Kier molecular flexibility index (Phi) is 3.79. The Bertz CT molecular complexity index is 387. The van der Waals surface area contributed by atoms with Crippen LogP contribution in [0.3, 0.4) is 0 Å². The van der Waals surface area contributed by atoms with Crippen LogP contribution in [0.1, 0.15) is 13.3 Å². The summed E-state index contributed by atoms with van der Waals surface area (Å²) < 4.78 is 5.33. The van der Waals surface area contributed by atoms with Gasteiger partial charge in [-0.05, 0) is 38.6 Å². The number of ether oxygens (including phenoxy) is 1. The standard InChI is InChI=1S/C13H19ClN2O/c1-9-6-11(8-16(9)2)15-12-7-10(14)4-5-13(12)17-3/h4-5,7,9,11,15H,6,8H2,1-3H3. The topological polar surface area (TPSA) is 24.5 Å². The zero-order chi connectivity index (χ0) is 12.4. The van der Waals surface area contributed by atoms with Crippen LogP contribution >= 0.6 is 11.6 Å². The normalized spacial score (nSPS) is 24.9. The van der Waals surface area contributed by atoms with Crippen LogP contribution < -0.4 is 10.1 Å². The van der Waals surface area contributed by atoms with Crippen molar-refractivity contribution in [2.24, 2.45) is 0 Å². The smallest absolute Gasteiger partial charge is 0.142 e. The number of hydrogen-bond donors (Lipinski definition) is 1. The Hall–Kier alpha value is -0.930. The molecule has 1 aromatic carbocycles. The molecule has 1 aromatic rings. The minimum absolute atomic E-state index is 0.461. The number of halogens is 1. The first-order valence-corrected chi connectivity index (χ1v) is 6.28. The van der Waals surface area contributed by atoms with Gasteiger partial charge in [-0.15, -0.1) is 0 Å². The molecule has 1 aliphatic heterocycles.